The highest BCUT2D eigenvalue weighted by molar-refractivity contribution is 5.28. The smallest absolute Gasteiger partial charge is 0.0948 e. The van der Waals surface area contributed by atoms with Gasteiger partial charge in [0.1, 0.15) is 0 Å². The number of hydrogen-bond donors (Lipinski definition) is 1. The van der Waals surface area contributed by atoms with Crippen LogP contribution in [0.2, 0.25) is 0 Å². The first-order valence-corrected chi connectivity index (χ1v) is 6.50. The largest absolute Gasteiger partial charge is 0.334 e. The first kappa shape index (κ1) is 12.8. The van der Waals surface area contributed by atoms with Crippen molar-refractivity contribution >= 4 is 0 Å². The molecular weight excluding hydrogens is 222 g/mol. The molecule has 1 N–H and O–H groups in total. The van der Waals surface area contributed by atoms with Gasteiger partial charge in [-0.15, -0.1) is 0 Å². The average molecular weight is 243 g/mol. The Hall–Kier alpha value is -1.61. The van der Waals surface area contributed by atoms with E-state index in [1.54, 1.807) is 0 Å². The summed E-state index contributed by atoms with van der Waals surface area (Å²) in [5, 5.41) is 3.56. The topological polar surface area (TPSA) is 29.9 Å². The molecule has 1 aromatic carbocycles. The molecule has 1 heterocycles. The monoisotopic (exact) mass is 243 g/mol. The first-order chi connectivity index (χ1) is 8.72. The minimum absolute atomic E-state index is 0.353. The van der Waals surface area contributed by atoms with Gasteiger partial charge in [-0.05, 0) is 31.9 Å². The highest BCUT2D eigenvalue weighted by Gasteiger charge is 2.08. The lowest BCUT2D eigenvalue weighted by molar-refractivity contribution is 0.547. The predicted octanol–water partition coefficient (Wildman–Crippen LogP) is 3.06. The molecule has 1 atom stereocenters. The van der Waals surface area contributed by atoms with Crippen molar-refractivity contribution in [1.82, 2.24) is 14.9 Å². The molecule has 0 aliphatic carbocycles. The van der Waals surface area contributed by atoms with Crippen molar-refractivity contribution in [3.8, 4) is 0 Å². The van der Waals surface area contributed by atoms with Crippen LogP contribution >= 0.6 is 0 Å². The standard InChI is InChI=1S/C15H21N3/c1-4-18-11-16-9-14(18)10-17-13(3)15-8-6-5-7-12(15)2/h5-9,11,13,17H,4,10H2,1-3H3. The fourth-order valence-corrected chi connectivity index (χ4v) is 2.22. The Bertz CT molecular complexity index is 502. The Morgan fingerprint density at radius 2 is 2.11 bits per heavy atom. The van der Waals surface area contributed by atoms with Gasteiger partial charge in [-0.1, -0.05) is 24.3 Å². The van der Waals surface area contributed by atoms with Gasteiger partial charge in [0.25, 0.3) is 0 Å². The number of imidazole rings is 1. The minimum Gasteiger partial charge on any atom is -0.334 e. The number of aryl methyl sites for hydroxylation is 2. The predicted molar refractivity (Wildman–Crippen MR) is 74.3 cm³/mol. The number of rotatable bonds is 5. The van der Waals surface area contributed by atoms with Crippen LogP contribution in [0.1, 0.15) is 36.7 Å². The molecule has 0 fully saturated rings. The zero-order valence-corrected chi connectivity index (χ0v) is 11.4. The van der Waals surface area contributed by atoms with E-state index >= 15 is 0 Å². The van der Waals surface area contributed by atoms with Gasteiger partial charge in [-0.25, -0.2) is 4.98 Å². The number of aromatic nitrogens is 2. The van der Waals surface area contributed by atoms with Gasteiger partial charge in [0.05, 0.1) is 12.0 Å². The van der Waals surface area contributed by atoms with E-state index in [0.29, 0.717) is 6.04 Å². The van der Waals surface area contributed by atoms with Crippen molar-refractivity contribution in [2.75, 3.05) is 0 Å². The van der Waals surface area contributed by atoms with Crippen LogP contribution in [0.15, 0.2) is 36.8 Å². The third kappa shape index (κ3) is 2.79. The summed E-state index contributed by atoms with van der Waals surface area (Å²) in [6.45, 7) is 8.31. The Morgan fingerprint density at radius 3 is 2.83 bits per heavy atom. The van der Waals surface area contributed by atoms with Gasteiger partial charge in [0.15, 0.2) is 0 Å². The van der Waals surface area contributed by atoms with Gasteiger partial charge >= 0.3 is 0 Å². The summed E-state index contributed by atoms with van der Waals surface area (Å²) in [5.74, 6) is 0. The van der Waals surface area contributed by atoms with Crippen LogP contribution in [-0.2, 0) is 13.1 Å². The second-order valence-corrected chi connectivity index (χ2v) is 4.63. The summed E-state index contributed by atoms with van der Waals surface area (Å²) in [6, 6.07) is 8.87. The molecule has 0 radical (unpaired) electrons. The molecule has 3 heteroatoms. The number of hydrogen-bond acceptors (Lipinski definition) is 2. The van der Waals surface area contributed by atoms with Crippen LogP contribution in [0.3, 0.4) is 0 Å². The summed E-state index contributed by atoms with van der Waals surface area (Å²) in [4.78, 5) is 4.18. The van der Waals surface area contributed by atoms with E-state index in [9.17, 15) is 0 Å². The van der Waals surface area contributed by atoms with Crippen molar-refractivity contribution in [2.45, 2.75) is 39.9 Å². The lowest BCUT2D eigenvalue weighted by Crippen LogP contribution is -2.20. The Labute approximate surface area is 109 Å². The van der Waals surface area contributed by atoms with Gasteiger partial charge in [-0.2, -0.15) is 0 Å². The van der Waals surface area contributed by atoms with Crippen LogP contribution in [0.5, 0.6) is 0 Å². The lowest BCUT2D eigenvalue weighted by Gasteiger charge is -2.17. The summed E-state index contributed by atoms with van der Waals surface area (Å²) in [6.07, 6.45) is 3.82. The molecule has 0 saturated heterocycles. The fraction of sp³-hybridized carbons (Fsp3) is 0.400. The zero-order valence-electron chi connectivity index (χ0n) is 11.4. The third-order valence-electron chi connectivity index (χ3n) is 3.38. The maximum atomic E-state index is 4.18. The van der Waals surface area contributed by atoms with Crippen molar-refractivity contribution in [2.24, 2.45) is 0 Å². The molecule has 1 aromatic heterocycles. The first-order valence-electron chi connectivity index (χ1n) is 6.50. The molecule has 0 aliphatic rings. The number of benzene rings is 1. The third-order valence-corrected chi connectivity index (χ3v) is 3.38. The van der Waals surface area contributed by atoms with Crippen molar-refractivity contribution in [3.63, 3.8) is 0 Å². The van der Waals surface area contributed by atoms with Crippen LogP contribution in [0.4, 0.5) is 0 Å². The quantitative estimate of drug-likeness (QED) is 0.874. The Balaban J connectivity index is 2.01. The Morgan fingerprint density at radius 1 is 1.33 bits per heavy atom. The highest BCUT2D eigenvalue weighted by Crippen LogP contribution is 2.17. The molecule has 0 bridgehead atoms. The molecule has 1 unspecified atom stereocenters. The van der Waals surface area contributed by atoms with E-state index in [-0.39, 0.29) is 0 Å². The summed E-state index contributed by atoms with van der Waals surface area (Å²) in [5.41, 5.74) is 3.93. The minimum atomic E-state index is 0.353. The zero-order chi connectivity index (χ0) is 13.0. The molecule has 3 nitrogen and oxygen atoms in total. The average Bonchev–Trinajstić information content (AvgIpc) is 2.84. The second-order valence-electron chi connectivity index (χ2n) is 4.63. The molecule has 0 saturated carbocycles. The van der Waals surface area contributed by atoms with E-state index in [2.05, 4.69) is 59.9 Å². The van der Waals surface area contributed by atoms with Crippen molar-refractivity contribution in [3.05, 3.63) is 53.6 Å². The highest BCUT2D eigenvalue weighted by atomic mass is 15.1. The van der Waals surface area contributed by atoms with Gasteiger partial charge in [-0.3, -0.25) is 0 Å². The molecule has 96 valence electrons. The van der Waals surface area contributed by atoms with E-state index in [1.165, 1.54) is 16.8 Å². The van der Waals surface area contributed by atoms with Crippen molar-refractivity contribution in [1.29, 1.82) is 0 Å². The molecule has 0 spiro atoms. The van der Waals surface area contributed by atoms with E-state index in [1.807, 2.05) is 12.5 Å². The van der Waals surface area contributed by atoms with Gasteiger partial charge in [0, 0.05) is 25.3 Å². The second kappa shape index (κ2) is 5.83. The van der Waals surface area contributed by atoms with E-state index in [4.69, 9.17) is 0 Å². The maximum absolute atomic E-state index is 4.18. The summed E-state index contributed by atoms with van der Waals surface area (Å²) in [7, 11) is 0. The number of nitrogens with one attached hydrogen (secondary N) is 1. The molecule has 0 amide bonds. The molecule has 18 heavy (non-hydrogen) atoms. The van der Waals surface area contributed by atoms with Crippen LogP contribution in [-0.4, -0.2) is 9.55 Å². The van der Waals surface area contributed by atoms with Crippen LogP contribution in [0.25, 0.3) is 0 Å². The van der Waals surface area contributed by atoms with Crippen molar-refractivity contribution < 1.29 is 0 Å². The van der Waals surface area contributed by atoms with E-state index < -0.39 is 0 Å². The molecule has 2 rings (SSSR count). The lowest BCUT2D eigenvalue weighted by atomic mass is 10.0. The van der Waals surface area contributed by atoms with E-state index in [0.717, 1.165) is 13.1 Å². The van der Waals surface area contributed by atoms with Crippen LogP contribution in [0, 0.1) is 6.92 Å². The van der Waals surface area contributed by atoms with Gasteiger partial charge in [0.2, 0.25) is 0 Å². The van der Waals surface area contributed by atoms with Gasteiger partial charge < -0.3 is 9.88 Å². The summed E-state index contributed by atoms with van der Waals surface area (Å²) < 4.78 is 2.16. The summed E-state index contributed by atoms with van der Waals surface area (Å²) >= 11 is 0. The maximum Gasteiger partial charge on any atom is 0.0948 e. The molecular formula is C15H21N3. The molecule has 0 aliphatic heterocycles. The normalized spacial score (nSPS) is 12.6. The SMILES string of the molecule is CCn1cncc1CNC(C)c1ccccc1C. The number of nitrogens with zero attached hydrogens (tertiary/aromatic N) is 2. The Kier molecular flexibility index (Phi) is 4.15. The fourth-order valence-electron chi connectivity index (χ4n) is 2.22. The molecule has 2 aromatic rings. The van der Waals surface area contributed by atoms with Crippen LogP contribution < -0.4 is 5.32 Å².